The molecule has 0 unspecified atom stereocenters. The van der Waals surface area contributed by atoms with Gasteiger partial charge < -0.3 is 10.6 Å². The van der Waals surface area contributed by atoms with Gasteiger partial charge in [-0.25, -0.2) is 4.98 Å². The Hall–Kier alpha value is -1.88. The van der Waals surface area contributed by atoms with Gasteiger partial charge in [-0.05, 0) is 24.3 Å². The number of anilines is 3. The van der Waals surface area contributed by atoms with Gasteiger partial charge in [0.05, 0.1) is 0 Å². The highest BCUT2D eigenvalue weighted by molar-refractivity contribution is 9.10. The van der Waals surface area contributed by atoms with Crippen LogP contribution in [0, 0.1) is 0 Å². The van der Waals surface area contributed by atoms with Crippen molar-refractivity contribution < 1.29 is 0 Å². The summed E-state index contributed by atoms with van der Waals surface area (Å²) in [5.41, 5.74) is 0.935. The minimum absolute atomic E-state index is 0.558. The van der Waals surface area contributed by atoms with Crippen molar-refractivity contribution in [1.82, 2.24) is 9.97 Å². The lowest BCUT2D eigenvalue weighted by Gasteiger charge is -2.07. The summed E-state index contributed by atoms with van der Waals surface area (Å²) in [6.07, 6.45) is 3.49. The molecule has 1 heterocycles. The number of nitrogens with one attached hydrogen (secondary N) is 2. The van der Waals surface area contributed by atoms with Crippen LogP contribution in [-0.2, 0) is 0 Å². The Labute approximate surface area is 114 Å². The number of hydrogen-bond acceptors (Lipinski definition) is 4. The van der Waals surface area contributed by atoms with Crippen molar-refractivity contribution >= 4 is 33.4 Å². The molecule has 0 aliphatic heterocycles. The quantitative estimate of drug-likeness (QED) is 0.829. The van der Waals surface area contributed by atoms with Gasteiger partial charge in [0.1, 0.15) is 5.82 Å². The van der Waals surface area contributed by atoms with Gasteiger partial charge in [0.25, 0.3) is 0 Å². The molecule has 4 nitrogen and oxygen atoms in total. The van der Waals surface area contributed by atoms with Gasteiger partial charge in [-0.1, -0.05) is 28.1 Å². The van der Waals surface area contributed by atoms with Gasteiger partial charge in [0, 0.05) is 22.9 Å². The van der Waals surface area contributed by atoms with E-state index in [1.54, 1.807) is 12.3 Å². The van der Waals surface area contributed by atoms with E-state index in [0.29, 0.717) is 12.5 Å². The maximum Gasteiger partial charge on any atom is 0.229 e. The maximum atomic E-state index is 4.34. The largest absolute Gasteiger partial charge is 0.366 e. The molecule has 0 atom stereocenters. The number of rotatable bonds is 5. The molecule has 2 aromatic rings. The highest BCUT2D eigenvalue weighted by Crippen LogP contribution is 2.18. The van der Waals surface area contributed by atoms with E-state index in [9.17, 15) is 0 Å². The van der Waals surface area contributed by atoms with E-state index in [2.05, 4.69) is 43.1 Å². The van der Waals surface area contributed by atoms with Gasteiger partial charge in [-0.3, -0.25) is 0 Å². The Morgan fingerprint density at radius 2 is 2.22 bits per heavy atom. The molecule has 0 saturated heterocycles. The minimum Gasteiger partial charge on any atom is -0.366 e. The highest BCUT2D eigenvalue weighted by Gasteiger charge is 1.99. The zero-order chi connectivity index (χ0) is 12.8. The van der Waals surface area contributed by atoms with Crippen molar-refractivity contribution in [3.8, 4) is 0 Å². The molecule has 0 spiro atoms. The smallest absolute Gasteiger partial charge is 0.229 e. The van der Waals surface area contributed by atoms with Crippen molar-refractivity contribution in [3.05, 3.63) is 53.7 Å². The first-order valence-electron chi connectivity index (χ1n) is 5.48. The molecule has 0 saturated carbocycles. The Morgan fingerprint density at radius 3 is 3.00 bits per heavy atom. The molecule has 0 aliphatic carbocycles. The van der Waals surface area contributed by atoms with Crippen molar-refractivity contribution in [2.24, 2.45) is 0 Å². The summed E-state index contributed by atoms with van der Waals surface area (Å²) in [6.45, 7) is 4.32. The summed E-state index contributed by atoms with van der Waals surface area (Å²) in [5.74, 6) is 1.32. The SMILES string of the molecule is C=CCNc1ccnc(Nc2cccc(Br)c2)n1. The van der Waals surface area contributed by atoms with Crippen molar-refractivity contribution in [1.29, 1.82) is 0 Å². The normalized spacial score (nSPS) is 9.83. The number of nitrogens with zero attached hydrogens (tertiary/aromatic N) is 2. The molecule has 1 aromatic carbocycles. The molecule has 0 aliphatic rings. The van der Waals surface area contributed by atoms with E-state index in [0.717, 1.165) is 16.0 Å². The first-order chi connectivity index (χ1) is 8.78. The standard InChI is InChI=1S/C13H13BrN4/c1-2-7-15-12-6-8-16-13(18-12)17-11-5-3-4-10(14)9-11/h2-6,8-9H,1,7H2,(H2,15,16,17,18). The minimum atomic E-state index is 0.558. The lowest BCUT2D eigenvalue weighted by molar-refractivity contribution is 1.14. The van der Waals surface area contributed by atoms with Crippen LogP contribution in [0.1, 0.15) is 0 Å². The van der Waals surface area contributed by atoms with Gasteiger partial charge in [-0.2, -0.15) is 4.98 Å². The first-order valence-corrected chi connectivity index (χ1v) is 6.27. The molecule has 92 valence electrons. The van der Waals surface area contributed by atoms with E-state index in [1.165, 1.54) is 0 Å². The topological polar surface area (TPSA) is 49.8 Å². The monoisotopic (exact) mass is 304 g/mol. The van der Waals surface area contributed by atoms with Crippen molar-refractivity contribution in [3.63, 3.8) is 0 Å². The highest BCUT2D eigenvalue weighted by atomic mass is 79.9. The molecule has 5 heteroatoms. The summed E-state index contributed by atoms with van der Waals surface area (Å²) in [4.78, 5) is 8.51. The lowest BCUT2D eigenvalue weighted by Crippen LogP contribution is -2.03. The number of halogens is 1. The predicted molar refractivity (Wildman–Crippen MR) is 78.1 cm³/mol. The van der Waals surface area contributed by atoms with Crippen LogP contribution in [0.2, 0.25) is 0 Å². The summed E-state index contributed by atoms with van der Waals surface area (Å²) in [7, 11) is 0. The molecule has 2 N–H and O–H groups in total. The predicted octanol–water partition coefficient (Wildman–Crippen LogP) is 3.58. The second-order valence-electron chi connectivity index (χ2n) is 3.57. The molecule has 2 rings (SSSR count). The molecule has 18 heavy (non-hydrogen) atoms. The van der Waals surface area contributed by atoms with Gasteiger partial charge in [-0.15, -0.1) is 6.58 Å². The molecule has 0 bridgehead atoms. The summed E-state index contributed by atoms with van der Waals surface area (Å²) in [6, 6.07) is 9.65. The summed E-state index contributed by atoms with van der Waals surface area (Å²) < 4.78 is 1.01. The van der Waals surface area contributed by atoms with Crippen LogP contribution in [0.15, 0.2) is 53.7 Å². The number of benzene rings is 1. The maximum absolute atomic E-state index is 4.34. The van der Waals surface area contributed by atoms with Crippen LogP contribution >= 0.6 is 15.9 Å². The summed E-state index contributed by atoms with van der Waals surface area (Å²) >= 11 is 3.42. The zero-order valence-corrected chi connectivity index (χ0v) is 11.3. The number of hydrogen-bond donors (Lipinski definition) is 2. The van der Waals surface area contributed by atoms with E-state index >= 15 is 0 Å². The van der Waals surface area contributed by atoms with Crippen LogP contribution in [0.4, 0.5) is 17.5 Å². The Balaban J connectivity index is 2.11. The average molecular weight is 305 g/mol. The Bertz CT molecular complexity index is 542. The second-order valence-corrected chi connectivity index (χ2v) is 4.49. The third kappa shape index (κ3) is 3.56. The van der Waals surface area contributed by atoms with E-state index in [1.807, 2.05) is 30.3 Å². The molecule has 0 amide bonds. The average Bonchev–Trinajstić information content (AvgIpc) is 2.37. The van der Waals surface area contributed by atoms with E-state index in [4.69, 9.17) is 0 Å². The fraction of sp³-hybridized carbons (Fsp3) is 0.0769. The van der Waals surface area contributed by atoms with Gasteiger partial charge >= 0.3 is 0 Å². The fourth-order valence-corrected chi connectivity index (χ4v) is 1.79. The third-order valence-corrected chi connectivity index (χ3v) is 2.66. The van der Waals surface area contributed by atoms with Crippen LogP contribution in [-0.4, -0.2) is 16.5 Å². The fourth-order valence-electron chi connectivity index (χ4n) is 1.39. The first kappa shape index (κ1) is 12.6. The number of aromatic nitrogens is 2. The van der Waals surface area contributed by atoms with Gasteiger partial charge in [0.15, 0.2) is 0 Å². The van der Waals surface area contributed by atoms with Crippen LogP contribution < -0.4 is 10.6 Å². The lowest BCUT2D eigenvalue weighted by atomic mass is 10.3. The third-order valence-electron chi connectivity index (χ3n) is 2.16. The van der Waals surface area contributed by atoms with Crippen LogP contribution in [0.25, 0.3) is 0 Å². The summed E-state index contributed by atoms with van der Waals surface area (Å²) in [5, 5.41) is 6.26. The van der Waals surface area contributed by atoms with E-state index < -0.39 is 0 Å². The van der Waals surface area contributed by atoms with Crippen LogP contribution in [0.5, 0.6) is 0 Å². The molecular formula is C13H13BrN4. The van der Waals surface area contributed by atoms with Crippen molar-refractivity contribution in [2.75, 3.05) is 17.2 Å². The zero-order valence-electron chi connectivity index (χ0n) is 9.73. The van der Waals surface area contributed by atoms with Gasteiger partial charge in [0.2, 0.25) is 5.95 Å². The Kier molecular flexibility index (Phi) is 4.30. The molecule has 1 aromatic heterocycles. The molecule has 0 fully saturated rings. The van der Waals surface area contributed by atoms with E-state index in [-0.39, 0.29) is 0 Å². The Morgan fingerprint density at radius 1 is 1.33 bits per heavy atom. The second kappa shape index (κ2) is 6.16. The van der Waals surface area contributed by atoms with Crippen LogP contribution in [0.3, 0.4) is 0 Å². The van der Waals surface area contributed by atoms with Crippen molar-refractivity contribution in [2.45, 2.75) is 0 Å². The molecule has 0 radical (unpaired) electrons. The molecular weight excluding hydrogens is 292 g/mol.